The van der Waals surface area contributed by atoms with Gasteiger partial charge in [0.25, 0.3) is 0 Å². The molecule has 0 aromatic heterocycles. The van der Waals surface area contributed by atoms with Gasteiger partial charge in [0.15, 0.2) is 0 Å². The monoisotopic (exact) mass is 722 g/mol. The van der Waals surface area contributed by atoms with Gasteiger partial charge in [0.1, 0.15) is 0 Å². The van der Waals surface area contributed by atoms with Gasteiger partial charge in [0.2, 0.25) is 0 Å². The second kappa shape index (κ2) is 14.6. The van der Waals surface area contributed by atoms with Crippen LogP contribution in [0.25, 0.3) is 0 Å². The zero-order valence-electron chi connectivity index (χ0n) is 16.6. The van der Waals surface area contributed by atoms with E-state index in [-0.39, 0.29) is 0 Å². The Bertz CT molecular complexity index is 875. The molecular weight excluding hydrogens is 705 g/mol. The fraction of sp³-hybridized carbons (Fsp3) is 0. The third-order valence-electron chi connectivity index (χ3n) is 4.08. The van der Waals surface area contributed by atoms with Crippen molar-refractivity contribution in [3.63, 3.8) is 0 Å². The van der Waals surface area contributed by atoms with E-state index in [0.717, 1.165) is 0 Å². The SMILES string of the molecule is [Cl][Pd]([Cl])[P](c1ccccc1)c1ccccc1.[Cl][Pd]([Cl])[P](c1ccccc1)c1ccccc1. The predicted octanol–water partition coefficient (Wildman–Crippen LogP) is 7.92. The van der Waals surface area contributed by atoms with Crippen molar-refractivity contribution in [1.82, 2.24) is 0 Å². The van der Waals surface area contributed by atoms with Gasteiger partial charge in [-0.2, -0.15) is 0 Å². The molecule has 0 aliphatic heterocycles. The van der Waals surface area contributed by atoms with Crippen molar-refractivity contribution in [3.05, 3.63) is 121 Å². The standard InChI is InChI=1S/2C12H10P.4ClH.2Pd/c2*1-3-7-11(8-4-1)13-12-9-5-2-6-10-12;;;;;;/h2*1-10H;4*1H;;/q2*-1;;;;;2*+3/p-4. The van der Waals surface area contributed by atoms with E-state index in [0.29, 0.717) is 0 Å². The molecule has 0 aliphatic carbocycles. The molecule has 0 bridgehead atoms. The molecule has 0 aliphatic rings. The first-order valence-corrected chi connectivity index (χ1v) is 23.8. The van der Waals surface area contributed by atoms with Crippen LogP contribution in [0.2, 0.25) is 0 Å². The van der Waals surface area contributed by atoms with E-state index in [1.165, 1.54) is 21.2 Å². The second-order valence-electron chi connectivity index (χ2n) is 6.15. The van der Waals surface area contributed by atoms with Gasteiger partial charge in [0, 0.05) is 0 Å². The van der Waals surface area contributed by atoms with Crippen molar-refractivity contribution in [3.8, 4) is 0 Å². The quantitative estimate of drug-likeness (QED) is 0.140. The van der Waals surface area contributed by atoms with Crippen LogP contribution in [0.3, 0.4) is 0 Å². The van der Waals surface area contributed by atoms with E-state index in [1.807, 2.05) is 72.8 Å². The average molecular weight is 725 g/mol. The zero-order chi connectivity index (χ0) is 22.8. The van der Waals surface area contributed by atoms with Gasteiger partial charge in [-0.1, -0.05) is 0 Å². The van der Waals surface area contributed by atoms with Gasteiger partial charge < -0.3 is 0 Å². The van der Waals surface area contributed by atoms with Gasteiger partial charge in [0.05, 0.1) is 0 Å². The summed E-state index contributed by atoms with van der Waals surface area (Å²) in [7, 11) is 24.9. The molecule has 4 aromatic rings. The Balaban J connectivity index is 0.000000181. The van der Waals surface area contributed by atoms with Crippen molar-refractivity contribution in [1.29, 1.82) is 0 Å². The molecule has 32 heavy (non-hydrogen) atoms. The summed E-state index contributed by atoms with van der Waals surface area (Å²) in [6.07, 6.45) is -1.12. The van der Waals surface area contributed by atoms with Gasteiger partial charge in [-0.25, -0.2) is 0 Å². The van der Waals surface area contributed by atoms with Crippen molar-refractivity contribution in [2.45, 2.75) is 0 Å². The third kappa shape index (κ3) is 8.17. The molecule has 0 heterocycles. The maximum atomic E-state index is 6.22. The Morgan fingerprint density at radius 3 is 0.688 bits per heavy atom. The van der Waals surface area contributed by atoms with Gasteiger partial charge >= 0.3 is 221 Å². The van der Waals surface area contributed by atoms with Crippen LogP contribution in [0.1, 0.15) is 0 Å². The molecule has 0 atom stereocenters. The van der Waals surface area contributed by atoms with E-state index in [1.54, 1.807) is 0 Å². The minimum absolute atomic E-state index is 0.562. The van der Waals surface area contributed by atoms with Crippen molar-refractivity contribution >= 4 is 71.6 Å². The Kier molecular flexibility index (Phi) is 12.2. The average Bonchev–Trinajstić information content (AvgIpc) is 2.82. The summed E-state index contributed by atoms with van der Waals surface area (Å²) < 4.78 is 0. The van der Waals surface area contributed by atoms with Crippen LogP contribution in [-0.2, 0) is 28.4 Å². The molecule has 0 spiro atoms. The van der Waals surface area contributed by atoms with Crippen LogP contribution in [0.5, 0.6) is 0 Å². The van der Waals surface area contributed by atoms with Crippen LogP contribution in [0.4, 0.5) is 0 Å². The number of hydrogen-bond acceptors (Lipinski definition) is 0. The normalized spacial score (nSPS) is 11.6. The van der Waals surface area contributed by atoms with Crippen molar-refractivity contribution < 1.29 is 28.4 Å². The number of halogens is 4. The van der Waals surface area contributed by atoms with Gasteiger partial charge in [-0.3, -0.25) is 0 Å². The van der Waals surface area contributed by atoms with E-state index in [4.69, 9.17) is 38.1 Å². The third-order valence-corrected chi connectivity index (χ3v) is 22.9. The summed E-state index contributed by atoms with van der Waals surface area (Å²) in [5, 5.41) is 5.04. The van der Waals surface area contributed by atoms with E-state index < -0.39 is 40.7 Å². The summed E-state index contributed by atoms with van der Waals surface area (Å²) in [4.78, 5) is 0. The van der Waals surface area contributed by atoms with Crippen molar-refractivity contribution in [2.75, 3.05) is 0 Å². The van der Waals surface area contributed by atoms with Crippen molar-refractivity contribution in [2.24, 2.45) is 0 Å². The summed E-state index contributed by atoms with van der Waals surface area (Å²) in [6, 6.07) is 41.2. The molecule has 0 radical (unpaired) electrons. The Labute approximate surface area is 219 Å². The molecule has 0 amide bonds. The van der Waals surface area contributed by atoms with Crippen LogP contribution >= 0.6 is 50.3 Å². The Hall–Kier alpha value is 0.225. The summed E-state index contributed by atoms with van der Waals surface area (Å²) >= 11 is -3.03. The molecule has 0 nitrogen and oxygen atoms in total. The number of benzene rings is 4. The molecule has 4 aromatic carbocycles. The van der Waals surface area contributed by atoms with Crippen LogP contribution in [0, 0.1) is 0 Å². The summed E-state index contributed by atoms with van der Waals surface area (Å²) in [6.45, 7) is 0. The first-order valence-electron chi connectivity index (χ1n) is 9.30. The Morgan fingerprint density at radius 2 is 0.531 bits per heavy atom. The maximum absolute atomic E-state index is 6.22. The van der Waals surface area contributed by atoms with Crippen LogP contribution < -0.4 is 21.2 Å². The Morgan fingerprint density at radius 1 is 0.344 bits per heavy atom. The van der Waals surface area contributed by atoms with Gasteiger partial charge in [-0.15, -0.1) is 0 Å². The molecule has 8 heteroatoms. The molecule has 0 N–H and O–H groups in total. The van der Waals surface area contributed by atoms with E-state index in [9.17, 15) is 0 Å². The minimum atomic E-state index is -1.51. The second-order valence-corrected chi connectivity index (χ2v) is 29.3. The van der Waals surface area contributed by atoms with Gasteiger partial charge in [-0.05, 0) is 0 Å². The molecule has 0 unspecified atom stereocenters. The fourth-order valence-corrected chi connectivity index (χ4v) is 20.7. The summed E-state index contributed by atoms with van der Waals surface area (Å²) in [5.74, 6) is 0. The first kappa shape index (κ1) is 26.8. The first-order chi connectivity index (χ1) is 15.6. The number of hydrogen-bond donors (Lipinski definition) is 0. The predicted molar refractivity (Wildman–Crippen MR) is 142 cm³/mol. The molecule has 174 valence electrons. The number of rotatable bonds is 6. The molecule has 0 saturated carbocycles. The van der Waals surface area contributed by atoms with E-state index in [2.05, 4.69) is 48.5 Å². The molecular formula is C24H20Cl4P2Pd2. The fourth-order valence-electron chi connectivity index (χ4n) is 2.74. The summed E-state index contributed by atoms with van der Waals surface area (Å²) in [5.41, 5.74) is 0. The van der Waals surface area contributed by atoms with E-state index >= 15 is 0 Å². The molecule has 0 fully saturated rings. The van der Waals surface area contributed by atoms with Crippen LogP contribution in [-0.4, -0.2) is 0 Å². The van der Waals surface area contributed by atoms with Crippen LogP contribution in [0.15, 0.2) is 121 Å². The molecule has 4 rings (SSSR count). The topological polar surface area (TPSA) is 0 Å². The molecule has 0 saturated heterocycles. The zero-order valence-corrected chi connectivity index (χ0v) is 24.5.